The summed E-state index contributed by atoms with van der Waals surface area (Å²) in [5.74, 6) is 0.704. The Balaban J connectivity index is 1.96. The summed E-state index contributed by atoms with van der Waals surface area (Å²) in [7, 11) is 0. The van der Waals surface area contributed by atoms with Gasteiger partial charge in [-0.2, -0.15) is 0 Å². The van der Waals surface area contributed by atoms with Crippen LogP contribution in [0, 0.1) is 0 Å². The van der Waals surface area contributed by atoms with E-state index in [9.17, 15) is 0 Å². The highest BCUT2D eigenvalue weighted by Gasteiger charge is 2.14. The summed E-state index contributed by atoms with van der Waals surface area (Å²) in [6.45, 7) is 4.10. The van der Waals surface area contributed by atoms with E-state index in [4.69, 9.17) is 4.74 Å². The van der Waals surface area contributed by atoms with E-state index in [1.54, 1.807) is 6.33 Å². The summed E-state index contributed by atoms with van der Waals surface area (Å²) in [6, 6.07) is 1.93. The Morgan fingerprint density at radius 3 is 3.20 bits per heavy atom. The van der Waals surface area contributed by atoms with E-state index in [1.807, 2.05) is 6.07 Å². The van der Waals surface area contributed by atoms with Crippen molar-refractivity contribution in [3.8, 4) is 5.88 Å². The molecule has 4 nitrogen and oxygen atoms in total. The van der Waals surface area contributed by atoms with Crippen LogP contribution in [0.15, 0.2) is 12.4 Å². The molecular weight excluding hydrogens is 190 g/mol. The zero-order valence-electron chi connectivity index (χ0n) is 9.07. The average molecular weight is 207 g/mol. The Morgan fingerprint density at radius 1 is 1.53 bits per heavy atom. The number of nitrogens with one attached hydrogen (secondary N) is 1. The quantitative estimate of drug-likeness (QED) is 0.808. The molecule has 2 rings (SSSR count). The molecular formula is C11H17N3O. The van der Waals surface area contributed by atoms with Crippen LogP contribution in [0.1, 0.15) is 25.5 Å². The average Bonchev–Trinajstić information content (AvgIpc) is 2.31. The van der Waals surface area contributed by atoms with Gasteiger partial charge in [0.2, 0.25) is 5.88 Å². The molecule has 0 spiro atoms. The first kappa shape index (κ1) is 10.4. The van der Waals surface area contributed by atoms with Crippen LogP contribution in [0.2, 0.25) is 0 Å². The van der Waals surface area contributed by atoms with Gasteiger partial charge in [0.15, 0.2) is 0 Å². The maximum Gasteiger partial charge on any atom is 0.216 e. The lowest BCUT2D eigenvalue weighted by atomic mass is 10.1. The molecule has 0 saturated carbocycles. The zero-order chi connectivity index (χ0) is 10.5. The van der Waals surface area contributed by atoms with Crippen LogP contribution in [-0.4, -0.2) is 29.2 Å². The molecule has 15 heavy (non-hydrogen) atoms. The molecule has 0 radical (unpaired) electrons. The normalized spacial score (nSPS) is 21.3. The minimum Gasteiger partial charge on any atom is -0.473 e. The lowest BCUT2D eigenvalue weighted by Gasteiger charge is -2.23. The van der Waals surface area contributed by atoms with Gasteiger partial charge in [-0.1, -0.05) is 6.92 Å². The zero-order valence-corrected chi connectivity index (χ0v) is 9.07. The van der Waals surface area contributed by atoms with Gasteiger partial charge >= 0.3 is 0 Å². The van der Waals surface area contributed by atoms with Crippen molar-refractivity contribution in [1.29, 1.82) is 0 Å². The minimum absolute atomic E-state index is 0.262. The van der Waals surface area contributed by atoms with E-state index in [0.29, 0.717) is 5.88 Å². The van der Waals surface area contributed by atoms with Crippen LogP contribution >= 0.6 is 0 Å². The third-order valence-electron chi connectivity index (χ3n) is 2.60. The smallest absolute Gasteiger partial charge is 0.216 e. The molecule has 0 amide bonds. The first-order valence-electron chi connectivity index (χ1n) is 5.57. The number of aromatic nitrogens is 2. The topological polar surface area (TPSA) is 47.0 Å². The molecule has 1 saturated heterocycles. The lowest BCUT2D eigenvalue weighted by molar-refractivity contribution is 0.160. The maximum absolute atomic E-state index is 5.78. The van der Waals surface area contributed by atoms with Gasteiger partial charge < -0.3 is 10.1 Å². The summed E-state index contributed by atoms with van der Waals surface area (Å²) in [4.78, 5) is 8.26. The molecule has 1 aromatic rings. The van der Waals surface area contributed by atoms with Crippen molar-refractivity contribution < 1.29 is 4.74 Å². The van der Waals surface area contributed by atoms with Gasteiger partial charge in [0.1, 0.15) is 12.4 Å². The first-order chi connectivity index (χ1) is 7.38. The van der Waals surface area contributed by atoms with Crippen molar-refractivity contribution in [2.45, 2.75) is 32.3 Å². The maximum atomic E-state index is 5.78. The summed E-state index contributed by atoms with van der Waals surface area (Å²) in [6.07, 6.45) is 5.04. The number of hydrogen-bond donors (Lipinski definition) is 1. The molecule has 1 fully saturated rings. The number of hydrogen-bond acceptors (Lipinski definition) is 4. The number of ether oxygens (including phenoxy) is 1. The standard InChI is InChI=1S/C11H17N3O/c1-2-9-6-11(14-8-13-9)15-10-4-3-5-12-7-10/h6,8,10,12H,2-5,7H2,1H3/t10-/m0/s1. The molecule has 0 unspecified atom stereocenters. The van der Waals surface area contributed by atoms with Crippen molar-refractivity contribution >= 4 is 0 Å². The minimum atomic E-state index is 0.262. The molecule has 0 aromatic carbocycles. The number of aryl methyl sites for hydroxylation is 1. The third kappa shape index (κ3) is 2.89. The number of piperidine rings is 1. The highest BCUT2D eigenvalue weighted by Crippen LogP contribution is 2.13. The number of nitrogens with zero attached hydrogens (tertiary/aromatic N) is 2. The Hall–Kier alpha value is -1.16. The predicted octanol–water partition coefficient (Wildman–Crippen LogP) is 1.17. The van der Waals surface area contributed by atoms with Crippen LogP contribution in [0.5, 0.6) is 5.88 Å². The Labute approximate surface area is 90.1 Å². The largest absolute Gasteiger partial charge is 0.473 e. The fraction of sp³-hybridized carbons (Fsp3) is 0.636. The van der Waals surface area contributed by atoms with Gasteiger partial charge in [-0.25, -0.2) is 9.97 Å². The van der Waals surface area contributed by atoms with Crippen molar-refractivity contribution in [2.24, 2.45) is 0 Å². The fourth-order valence-electron chi connectivity index (χ4n) is 1.73. The Morgan fingerprint density at radius 2 is 2.47 bits per heavy atom. The van der Waals surface area contributed by atoms with Crippen molar-refractivity contribution in [3.05, 3.63) is 18.1 Å². The monoisotopic (exact) mass is 207 g/mol. The molecule has 1 N–H and O–H groups in total. The van der Waals surface area contributed by atoms with E-state index < -0.39 is 0 Å². The van der Waals surface area contributed by atoms with Gasteiger partial charge in [0.25, 0.3) is 0 Å². The molecule has 1 aliphatic rings. The molecule has 0 aliphatic carbocycles. The van der Waals surface area contributed by atoms with Crippen molar-refractivity contribution in [1.82, 2.24) is 15.3 Å². The summed E-state index contributed by atoms with van der Waals surface area (Å²) in [5, 5.41) is 3.32. The van der Waals surface area contributed by atoms with Crippen LogP contribution < -0.4 is 10.1 Å². The van der Waals surface area contributed by atoms with Crippen molar-refractivity contribution in [2.75, 3.05) is 13.1 Å². The predicted molar refractivity (Wildman–Crippen MR) is 57.9 cm³/mol. The van der Waals surface area contributed by atoms with Crippen LogP contribution in [-0.2, 0) is 6.42 Å². The molecule has 82 valence electrons. The van der Waals surface area contributed by atoms with E-state index in [-0.39, 0.29) is 6.10 Å². The molecule has 2 heterocycles. The summed E-state index contributed by atoms with van der Waals surface area (Å²) >= 11 is 0. The van der Waals surface area contributed by atoms with E-state index >= 15 is 0 Å². The van der Waals surface area contributed by atoms with E-state index in [1.165, 1.54) is 6.42 Å². The molecule has 4 heteroatoms. The van der Waals surface area contributed by atoms with Gasteiger partial charge in [0, 0.05) is 18.3 Å². The van der Waals surface area contributed by atoms with E-state index in [2.05, 4.69) is 22.2 Å². The lowest BCUT2D eigenvalue weighted by Crippen LogP contribution is -2.37. The fourth-order valence-corrected chi connectivity index (χ4v) is 1.73. The second-order valence-electron chi connectivity index (χ2n) is 3.79. The summed E-state index contributed by atoms with van der Waals surface area (Å²) in [5.41, 5.74) is 1.03. The highest BCUT2D eigenvalue weighted by atomic mass is 16.5. The summed E-state index contributed by atoms with van der Waals surface area (Å²) < 4.78 is 5.78. The SMILES string of the molecule is CCc1cc(O[C@H]2CCCNC2)ncn1. The molecule has 1 aliphatic heterocycles. The van der Waals surface area contributed by atoms with Gasteiger partial charge in [-0.05, 0) is 25.8 Å². The first-order valence-corrected chi connectivity index (χ1v) is 5.57. The van der Waals surface area contributed by atoms with Gasteiger partial charge in [-0.3, -0.25) is 0 Å². The van der Waals surface area contributed by atoms with Gasteiger partial charge in [0.05, 0.1) is 0 Å². The Kier molecular flexibility index (Phi) is 3.50. The van der Waals surface area contributed by atoms with Gasteiger partial charge in [-0.15, -0.1) is 0 Å². The van der Waals surface area contributed by atoms with Crippen LogP contribution in [0.25, 0.3) is 0 Å². The van der Waals surface area contributed by atoms with E-state index in [0.717, 1.165) is 31.6 Å². The second-order valence-corrected chi connectivity index (χ2v) is 3.79. The number of rotatable bonds is 3. The molecule has 1 atom stereocenters. The van der Waals surface area contributed by atoms with Crippen LogP contribution in [0.3, 0.4) is 0 Å². The third-order valence-corrected chi connectivity index (χ3v) is 2.60. The molecule has 0 bridgehead atoms. The second kappa shape index (κ2) is 5.07. The highest BCUT2D eigenvalue weighted by molar-refractivity contribution is 5.13. The van der Waals surface area contributed by atoms with Crippen molar-refractivity contribution in [3.63, 3.8) is 0 Å². The Bertz CT molecular complexity index is 310. The van der Waals surface area contributed by atoms with Crippen LogP contribution in [0.4, 0.5) is 0 Å². The molecule has 1 aromatic heterocycles.